The molecular formula is C20H19N3O5. The van der Waals surface area contributed by atoms with E-state index in [-0.39, 0.29) is 36.3 Å². The van der Waals surface area contributed by atoms with E-state index >= 15 is 0 Å². The minimum atomic E-state index is -0.558. The molecule has 4 rings (SSSR count). The fraction of sp³-hybridized carbons (Fsp3) is 0.200. The van der Waals surface area contributed by atoms with Gasteiger partial charge in [0.1, 0.15) is 17.1 Å². The number of carbonyl (C=O) groups excluding carboxylic acids is 1. The van der Waals surface area contributed by atoms with Crippen LogP contribution in [-0.4, -0.2) is 56.6 Å². The Bertz CT molecular complexity index is 1050. The van der Waals surface area contributed by atoms with Crippen LogP contribution in [-0.2, 0) is 0 Å². The molecule has 0 fully saturated rings. The summed E-state index contributed by atoms with van der Waals surface area (Å²) in [6, 6.07) is 11.0. The van der Waals surface area contributed by atoms with Crippen LogP contribution >= 0.6 is 0 Å². The van der Waals surface area contributed by atoms with Gasteiger partial charge in [0.25, 0.3) is 5.91 Å². The number of amides is 1. The molecule has 0 aliphatic carbocycles. The lowest BCUT2D eigenvalue weighted by Gasteiger charge is -2.26. The van der Waals surface area contributed by atoms with Crippen molar-refractivity contribution in [3.05, 3.63) is 59.3 Å². The van der Waals surface area contributed by atoms with Gasteiger partial charge in [0.2, 0.25) is 0 Å². The first-order valence-corrected chi connectivity index (χ1v) is 8.72. The Balaban J connectivity index is 1.92. The van der Waals surface area contributed by atoms with Crippen molar-refractivity contribution < 1.29 is 24.9 Å². The normalized spacial score (nSPS) is 15.7. The Morgan fingerprint density at radius 3 is 2.68 bits per heavy atom. The van der Waals surface area contributed by atoms with Gasteiger partial charge in [0.15, 0.2) is 11.5 Å². The maximum atomic E-state index is 12.9. The minimum absolute atomic E-state index is 0.0161. The van der Waals surface area contributed by atoms with Crippen LogP contribution in [0, 0.1) is 0 Å². The zero-order valence-corrected chi connectivity index (χ0v) is 15.1. The minimum Gasteiger partial charge on any atom is -0.507 e. The molecule has 28 heavy (non-hydrogen) atoms. The summed E-state index contributed by atoms with van der Waals surface area (Å²) >= 11 is 0. The predicted octanol–water partition coefficient (Wildman–Crippen LogP) is 2.03. The average molecular weight is 381 g/mol. The largest absolute Gasteiger partial charge is 0.507 e. The number of para-hydroxylation sites is 1. The van der Waals surface area contributed by atoms with Crippen LogP contribution in [0.25, 0.3) is 11.3 Å². The van der Waals surface area contributed by atoms with Crippen LogP contribution in [0.3, 0.4) is 0 Å². The SMILES string of the molecule is COc1cc([C@@H]2c3c(-c4ccccc4O)n[nH]c3C(=O)N2CCO)ccc1O. The van der Waals surface area contributed by atoms with Crippen LogP contribution in [0.2, 0.25) is 0 Å². The topological polar surface area (TPSA) is 119 Å². The maximum absolute atomic E-state index is 12.9. The lowest BCUT2D eigenvalue weighted by Crippen LogP contribution is -2.32. The molecular weight excluding hydrogens is 362 g/mol. The molecule has 1 aromatic heterocycles. The average Bonchev–Trinajstić information content (AvgIpc) is 3.23. The number of methoxy groups -OCH3 is 1. The summed E-state index contributed by atoms with van der Waals surface area (Å²) in [6.07, 6.45) is 0. The monoisotopic (exact) mass is 381 g/mol. The molecule has 4 N–H and O–H groups in total. The number of phenols is 2. The number of aliphatic hydroxyl groups excluding tert-OH is 1. The number of H-pyrrole nitrogens is 1. The predicted molar refractivity (Wildman–Crippen MR) is 100 cm³/mol. The molecule has 8 heteroatoms. The highest BCUT2D eigenvalue weighted by Crippen LogP contribution is 2.45. The first-order valence-electron chi connectivity index (χ1n) is 8.72. The number of carbonyl (C=O) groups is 1. The van der Waals surface area contributed by atoms with Crippen LogP contribution in [0.15, 0.2) is 42.5 Å². The third-order valence-electron chi connectivity index (χ3n) is 4.88. The number of aromatic nitrogens is 2. The number of phenolic OH excluding ortho intramolecular Hbond substituents is 2. The van der Waals surface area contributed by atoms with E-state index in [9.17, 15) is 20.1 Å². The first-order chi connectivity index (χ1) is 13.6. The number of aromatic hydroxyl groups is 2. The van der Waals surface area contributed by atoms with E-state index in [1.54, 1.807) is 36.4 Å². The van der Waals surface area contributed by atoms with E-state index in [2.05, 4.69) is 10.2 Å². The van der Waals surface area contributed by atoms with Gasteiger partial charge in [0, 0.05) is 17.7 Å². The first kappa shape index (κ1) is 17.9. The number of aromatic amines is 1. The number of ether oxygens (including phenoxy) is 1. The van der Waals surface area contributed by atoms with Crippen molar-refractivity contribution in [2.45, 2.75) is 6.04 Å². The maximum Gasteiger partial charge on any atom is 0.273 e. The van der Waals surface area contributed by atoms with E-state index in [1.165, 1.54) is 18.1 Å². The molecule has 0 unspecified atom stereocenters. The summed E-state index contributed by atoms with van der Waals surface area (Å²) in [6.45, 7) is -0.0868. The highest BCUT2D eigenvalue weighted by molar-refractivity contribution is 6.00. The summed E-state index contributed by atoms with van der Waals surface area (Å²) in [5, 5.41) is 36.7. The molecule has 0 spiro atoms. The number of rotatable bonds is 5. The Morgan fingerprint density at radius 1 is 1.18 bits per heavy atom. The van der Waals surface area contributed by atoms with Gasteiger partial charge in [-0.1, -0.05) is 18.2 Å². The molecule has 1 aliphatic rings. The summed E-state index contributed by atoms with van der Waals surface area (Å²) in [7, 11) is 1.45. The van der Waals surface area contributed by atoms with Crippen LogP contribution < -0.4 is 4.74 Å². The highest BCUT2D eigenvalue weighted by atomic mass is 16.5. The van der Waals surface area contributed by atoms with Gasteiger partial charge >= 0.3 is 0 Å². The zero-order valence-electron chi connectivity index (χ0n) is 15.1. The second-order valence-electron chi connectivity index (χ2n) is 6.43. The third-order valence-corrected chi connectivity index (χ3v) is 4.88. The van der Waals surface area contributed by atoms with Crippen molar-refractivity contribution in [3.8, 4) is 28.5 Å². The van der Waals surface area contributed by atoms with Gasteiger partial charge in [-0.2, -0.15) is 5.10 Å². The van der Waals surface area contributed by atoms with Crippen molar-refractivity contribution in [2.24, 2.45) is 0 Å². The molecule has 3 aromatic rings. The molecule has 1 amide bonds. The Labute approximate surface area is 160 Å². The second kappa shape index (κ2) is 6.90. The number of benzene rings is 2. The van der Waals surface area contributed by atoms with E-state index in [0.29, 0.717) is 28.1 Å². The number of fused-ring (bicyclic) bond motifs is 1. The van der Waals surface area contributed by atoms with Crippen molar-refractivity contribution in [3.63, 3.8) is 0 Å². The van der Waals surface area contributed by atoms with Crippen LogP contribution in [0.4, 0.5) is 0 Å². The van der Waals surface area contributed by atoms with Gasteiger partial charge in [-0.15, -0.1) is 0 Å². The summed E-state index contributed by atoms with van der Waals surface area (Å²) in [5.74, 6) is 0.00901. The molecule has 1 atom stereocenters. The molecule has 2 heterocycles. The zero-order chi connectivity index (χ0) is 19.8. The van der Waals surface area contributed by atoms with Gasteiger partial charge < -0.3 is 25.0 Å². The van der Waals surface area contributed by atoms with Crippen molar-refractivity contribution in [2.75, 3.05) is 20.3 Å². The van der Waals surface area contributed by atoms with Crippen molar-refractivity contribution in [1.29, 1.82) is 0 Å². The number of nitrogens with one attached hydrogen (secondary N) is 1. The Hall–Kier alpha value is -3.52. The molecule has 0 radical (unpaired) electrons. The van der Waals surface area contributed by atoms with E-state index in [1.807, 2.05) is 0 Å². The molecule has 8 nitrogen and oxygen atoms in total. The standard InChI is InChI=1S/C20H19N3O5/c1-28-15-10-11(6-7-14(15)26)19-16-17(12-4-2-3-5-13(12)25)21-22-18(16)20(27)23(19)8-9-24/h2-7,10,19,24-26H,8-9H2,1H3,(H,21,22)/t19-/m1/s1. The Morgan fingerprint density at radius 2 is 1.96 bits per heavy atom. The quantitative estimate of drug-likeness (QED) is 0.537. The van der Waals surface area contributed by atoms with Gasteiger partial charge in [-0.05, 0) is 29.8 Å². The van der Waals surface area contributed by atoms with Crippen molar-refractivity contribution >= 4 is 5.91 Å². The van der Waals surface area contributed by atoms with E-state index in [4.69, 9.17) is 4.74 Å². The Kier molecular flexibility index (Phi) is 4.40. The number of hydrogen-bond acceptors (Lipinski definition) is 6. The lowest BCUT2D eigenvalue weighted by atomic mass is 9.95. The number of β-amino-alcohol motifs (C(OH)–C–C–N with tert-alkyl or cyclic N) is 1. The van der Waals surface area contributed by atoms with Crippen molar-refractivity contribution in [1.82, 2.24) is 15.1 Å². The lowest BCUT2D eigenvalue weighted by molar-refractivity contribution is 0.0706. The van der Waals surface area contributed by atoms with Crippen LogP contribution in [0.1, 0.15) is 27.7 Å². The number of nitrogens with zero attached hydrogens (tertiary/aromatic N) is 2. The summed E-state index contributed by atoms with van der Waals surface area (Å²) in [5.41, 5.74) is 2.55. The number of aliphatic hydroxyl groups is 1. The fourth-order valence-electron chi connectivity index (χ4n) is 3.63. The van der Waals surface area contributed by atoms with Gasteiger partial charge in [-0.25, -0.2) is 0 Å². The molecule has 144 valence electrons. The highest BCUT2D eigenvalue weighted by Gasteiger charge is 2.42. The molecule has 1 aliphatic heterocycles. The summed E-state index contributed by atoms with van der Waals surface area (Å²) in [4.78, 5) is 14.4. The number of hydrogen-bond donors (Lipinski definition) is 4. The van der Waals surface area contributed by atoms with Gasteiger partial charge in [-0.3, -0.25) is 9.89 Å². The summed E-state index contributed by atoms with van der Waals surface area (Å²) < 4.78 is 5.20. The van der Waals surface area contributed by atoms with Gasteiger partial charge in [0.05, 0.1) is 19.8 Å². The molecule has 0 saturated heterocycles. The smallest absolute Gasteiger partial charge is 0.273 e. The molecule has 0 bridgehead atoms. The fourth-order valence-corrected chi connectivity index (χ4v) is 3.63. The third kappa shape index (κ3) is 2.66. The molecule has 0 saturated carbocycles. The van der Waals surface area contributed by atoms with E-state index in [0.717, 1.165) is 0 Å². The molecule has 2 aromatic carbocycles. The van der Waals surface area contributed by atoms with Crippen LogP contribution in [0.5, 0.6) is 17.2 Å². The second-order valence-corrected chi connectivity index (χ2v) is 6.43. The van der Waals surface area contributed by atoms with E-state index < -0.39 is 6.04 Å².